The highest BCUT2D eigenvalue weighted by atomic mass is 79.9. The average Bonchev–Trinajstić information content (AvgIpc) is 2.65. The van der Waals surface area contributed by atoms with Gasteiger partial charge < -0.3 is 10.3 Å². The second kappa shape index (κ2) is 3.94. The lowest BCUT2D eigenvalue weighted by Gasteiger charge is -1.99. The number of benzene rings is 1. The van der Waals surface area contributed by atoms with Gasteiger partial charge in [-0.3, -0.25) is 0 Å². The summed E-state index contributed by atoms with van der Waals surface area (Å²) in [6.07, 6.45) is 1.62. The van der Waals surface area contributed by atoms with E-state index in [0.717, 1.165) is 21.3 Å². The van der Waals surface area contributed by atoms with Crippen molar-refractivity contribution in [3.63, 3.8) is 0 Å². The lowest BCUT2D eigenvalue weighted by Crippen LogP contribution is -1.97. The van der Waals surface area contributed by atoms with Crippen LogP contribution < -0.4 is 5.73 Å². The Morgan fingerprint density at radius 1 is 1.43 bits per heavy atom. The highest BCUT2D eigenvalue weighted by molar-refractivity contribution is 9.10. The van der Waals surface area contributed by atoms with Gasteiger partial charge in [-0.25, -0.2) is 0 Å². The van der Waals surface area contributed by atoms with Crippen molar-refractivity contribution in [3.05, 3.63) is 40.7 Å². The molecule has 0 aliphatic heterocycles. The SMILES string of the molecule is NCc1nocc1-c1cccc(Br)c1. The quantitative estimate of drug-likeness (QED) is 0.894. The molecule has 0 radical (unpaired) electrons. The normalized spacial score (nSPS) is 10.4. The summed E-state index contributed by atoms with van der Waals surface area (Å²) in [6.45, 7) is 0.387. The molecule has 0 unspecified atom stereocenters. The summed E-state index contributed by atoms with van der Waals surface area (Å²) in [5.74, 6) is 0. The molecule has 2 rings (SSSR count). The summed E-state index contributed by atoms with van der Waals surface area (Å²) in [4.78, 5) is 0. The molecule has 1 aromatic heterocycles. The lowest BCUT2D eigenvalue weighted by molar-refractivity contribution is 0.412. The van der Waals surface area contributed by atoms with Crippen LogP contribution in [0.2, 0.25) is 0 Å². The van der Waals surface area contributed by atoms with E-state index in [0.29, 0.717) is 6.54 Å². The van der Waals surface area contributed by atoms with E-state index in [4.69, 9.17) is 10.3 Å². The molecule has 0 spiro atoms. The second-order valence-corrected chi connectivity index (χ2v) is 3.81. The molecule has 0 aliphatic rings. The summed E-state index contributed by atoms with van der Waals surface area (Å²) in [7, 11) is 0. The monoisotopic (exact) mass is 252 g/mol. The minimum atomic E-state index is 0.387. The fraction of sp³-hybridized carbons (Fsp3) is 0.100. The third-order valence-corrected chi connectivity index (χ3v) is 2.47. The third kappa shape index (κ3) is 1.71. The van der Waals surface area contributed by atoms with Crippen molar-refractivity contribution < 1.29 is 4.52 Å². The Morgan fingerprint density at radius 2 is 2.29 bits per heavy atom. The molecule has 4 heteroatoms. The molecule has 0 amide bonds. The van der Waals surface area contributed by atoms with Crippen LogP contribution in [-0.4, -0.2) is 5.16 Å². The van der Waals surface area contributed by atoms with E-state index < -0.39 is 0 Å². The molecule has 2 N–H and O–H groups in total. The van der Waals surface area contributed by atoms with Crippen LogP contribution in [0.25, 0.3) is 11.1 Å². The Bertz CT molecular complexity index is 439. The molecule has 3 nitrogen and oxygen atoms in total. The van der Waals surface area contributed by atoms with Gasteiger partial charge in [-0.05, 0) is 17.7 Å². The van der Waals surface area contributed by atoms with Gasteiger partial charge in [0.1, 0.15) is 12.0 Å². The summed E-state index contributed by atoms with van der Waals surface area (Å²) in [5.41, 5.74) is 8.33. The third-order valence-electron chi connectivity index (χ3n) is 1.97. The van der Waals surface area contributed by atoms with Crippen molar-refractivity contribution in [1.82, 2.24) is 5.16 Å². The first-order valence-corrected chi connectivity index (χ1v) is 5.00. The fourth-order valence-electron chi connectivity index (χ4n) is 1.30. The number of nitrogens with zero attached hydrogens (tertiary/aromatic N) is 1. The topological polar surface area (TPSA) is 52.0 Å². The molecule has 1 heterocycles. The van der Waals surface area contributed by atoms with Gasteiger partial charge >= 0.3 is 0 Å². The maximum absolute atomic E-state index is 5.54. The van der Waals surface area contributed by atoms with Crippen LogP contribution in [0.5, 0.6) is 0 Å². The van der Waals surface area contributed by atoms with E-state index in [1.807, 2.05) is 24.3 Å². The summed E-state index contributed by atoms with van der Waals surface area (Å²) in [5, 5.41) is 3.83. The van der Waals surface area contributed by atoms with E-state index >= 15 is 0 Å². The standard InChI is InChI=1S/C10H9BrN2O/c11-8-3-1-2-7(4-8)9-6-14-13-10(9)5-12/h1-4,6H,5,12H2. The first-order chi connectivity index (χ1) is 6.81. The van der Waals surface area contributed by atoms with Gasteiger partial charge in [-0.15, -0.1) is 0 Å². The highest BCUT2D eigenvalue weighted by Crippen LogP contribution is 2.25. The van der Waals surface area contributed by atoms with Gasteiger partial charge in [-0.2, -0.15) is 0 Å². The number of halogens is 1. The Balaban J connectivity index is 2.49. The molecule has 0 aliphatic carbocycles. The van der Waals surface area contributed by atoms with Gasteiger partial charge in [0, 0.05) is 16.6 Å². The van der Waals surface area contributed by atoms with Crippen LogP contribution in [0.1, 0.15) is 5.69 Å². The van der Waals surface area contributed by atoms with Crippen LogP contribution >= 0.6 is 15.9 Å². The molecular weight excluding hydrogens is 244 g/mol. The number of nitrogens with two attached hydrogens (primary N) is 1. The molecule has 1 aromatic carbocycles. The highest BCUT2D eigenvalue weighted by Gasteiger charge is 2.07. The predicted molar refractivity (Wildman–Crippen MR) is 57.5 cm³/mol. The second-order valence-electron chi connectivity index (χ2n) is 2.89. The fourth-order valence-corrected chi connectivity index (χ4v) is 1.70. The van der Waals surface area contributed by atoms with Crippen molar-refractivity contribution in [1.29, 1.82) is 0 Å². The molecule has 0 saturated heterocycles. The van der Waals surface area contributed by atoms with Crippen molar-refractivity contribution in [2.75, 3.05) is 0 Å². The summed E-state index contributed by atoms with van der Waals surface area (Å²) in [6, 6.07) is 7.94. The molecule has 2 aromatic rings. The zero-order valence-corrected chi connectivity index (χ0v) is 8.99. The van der Waals surface area contributed by atoms with Crippen LogP contribution in [0.3, 0.4) is 0 Å². The molecule has 14 heavy (non-hydrogen) atoms. The lowest BCUT2D eigenvalue weighted by atomic mass is 10.1. The van der Waals surface area contributed by atoms with E-state index in [1.165, 1.54) is 0 Å². The molecule has 72 valence electrons. The van der Waals surface area contributed by atoms with Gasteiger partial charge in [0.2, 0.25) is 0 Å². The van der Waals surface area contributed by atoms with Crippen LogP contribution in [0.4, 0.5) is 0 Å². The van der Waals surface area contributed by atoms with Gasteiger partial charge in [-0.1, -0.05) is 33.2 Å². The first kappa shape index (κ1) is 9.43. The number of rotatable bonds is 2. The largest absolute Gasteiger partial charge is 0.364 e. The minimum Gasteiger partial charge on any atom is -0.364 e. The summed E-state index contributed by atoms with van der Waals surface area (Å²) < 4.78 is 5.91. The summed E-state index contributed by atoms with van der Waals surface area (Å²) >= 11 is 3.41. The van der Waals surface area contributed by atoms with Crippen LogP contribution in [-0.2, 0) is 6.54 Å². The molecular formula is C10H9BrN2O. The average molecular weight is 253 g/mol. The molecule has 0 fully saturated rings. The van der Waals surface area contributed by atoms with Crippen molar-refractivity contribution >= 4 is 15.9 Å². The van der Waals surface area contributed by atoms with Crippen LogP contribution in [0.15, 0.2) is 39.5 Å². The Kier molecular flexibility index (Phi) is 2.65. The first-order valence-electron chi connectivity index (χ1n) is 4.20. The molecule has 0 bridgehead atoms. The van der Waals surface area contributed by atoms with Crippen molar-refractivity contribution in [2.45, 2.75) is 6.54 Å². The zero-order chi connectivity index (χ0) is 9.97. The molecule has 0 saturated carbocycles. The smallest absolute Gasteiger partial charge is 0.131 e. The predicted octanol–water partition coefficient (Wildman–Crippen LogP) is 2.56. The maximum atomic E-state index is 5.54. The number of aromatic nitrogens is 1. The van der Waals surface area contributed by atoms with Crippen LogP contribution in [0, 0.1) is 0 Å². The Hall–Kier alpha value is -1.13. The minimum absolute atomic E-state index is 0.387. The van der Waals surface area contributed by atoms with Gasteiger partial charge in [0.05, 0.1) is 0 Å². The van der Waals surface area contributed by atoms with Crippen molar-refractivity contribution in [2.24, 2.45) is 5.73 Å². The Labute approximate surface area is 90.0 Å². The van der Waals surface area contributed by atoms with E-state index in [1.54, 1.807) is 6.26 Å². The maximum Gasteiger partial charge on any atom is 0.131 e. The zero-order valence-electron chi connectivity index (χ0n) is 7.40. The van der Waals surface area contributed by atoms with E-state index in [2.05, 4.69) is 21.1 Å². The number of hydrogen-bond donors (Lipinski definition) is 1. The van der Waals surface area contributed by atoms with Gasteiger partial charge in [0.15, 0.2) is 0 Å². The van der Waals surface area contributed by atoms with E-state index in [9.17, 15) is 0 Å². The number of hydrogen-bond acceptors (Lipinski definition) is 3. The van der Waals surface area contributed by atoms with E-state index in [-0.39, 0.29) is 0 Å². The van der Waals surface area contributed by atoms with Crippen molar-refractivity contribution in [3.8, 4) is 11.1 Å². The molecule has 0 atom stereocenters. The van der Waals surface area contributed by atoms with Gasteiger partial charge in [0.25, 0.3) is 0 Å². The Morgan fingerprint density at radius 3 is 3.00 bits per heavy atom.